The highest BCUT2D eigenvalue weighted by Gasteiger charge is 2.35. The fraction of sp³-hybridized carbons (Fsp3) is 0.417. The number of nitrogens with one attached hydrogen (secondary N) is 1. The molecule has 3 nitrogen and oxygen atoms in total. The van der Waals surface area contributed by atoms with Gasteiger partial charge in [0.05, 0.1) is 24.8 Å². The van der Waals surface area contributed by atoms with E-state index in [9.17, 15) is 4.39 Å². The molecular weight excluding hydrogens is 239 g/mol. The predicted molar refractivity (Wildman–Crippen MR) is 69.6 cm³/mol. The summed E-state index contributed by atoms with van der Waals surface area (Å²) in [4.78, 5) is 0. The van der Waals surface area contributed by atoms with Gasteiger partial charge in [-0.25, -0.2) is 4.39 Å². The van der Waals surface area contributed by atoms with E-state index in [0.717, 1.165) is 0 Å². The third kappa shape index (κ3) is 2.46. The molecule has 1 aromatic carbocycles. The number of hydrogen-bond donors (Lipinski definition) is 2. The Labute approximate surface area is 105 Å². The molecule has 1 saturated heterocycles. The zero-order valence-corrected chi connectivity index (χ0v) is 10.4. The van der Waals surface area contributed by atoms with Crippen LogP contribution in [-0.4, -0.2) is 24.6 Å². The molecule has 1 heterocycles. The largest absolute Gasteiger partial charge is 0.399 e. The Balaban J connectivity index is 2.36. The van der Waals surface area contributed by atoms with Crippen LogP contribution in [0.5, 0.6) is 0 Å². The molecule has 0 saturated carbocycles. The molecule has 0 aliphatic carbocycles. The summed E-state index contributed by atoms with van der Waals surface area (Å²) < 4.78 is 19.3. The van der Waals surface area contributed by atoms with Crippen molar-refractivity contribution in [2.45, 2.75) is 18.5 Å². The summed E-state index contributed by atoms with van der Waals surface area (Å²) in [5, 5.41) is 4.88. The molecule has 0 bridgehead atoms. The lowest BCUT2D eigenvalue weighted by molar-refractivity contribution is 0.0203. The van der Waals surface area contributed by atoms with Crippen molar-refractivity contribution in [2.75, 3.05) is 18.9 Å². The van der Waals surface area contributed by atoms with Crippen LogP contribution in [0.3, 0.4) is 0 Å². The highest BCUT2D eigenvalue weighted by molar-refractivity contribution is 7.79. The number of thiocarbonyl (C=S) groups is 1. The fourth-order valence-electron chi connectivity index (χ4n) is 2.08. The second kappa shape index (κ2) is 4.68. The Hall–Kier alpha value is -1.04. The molecule has 0 radical (unpaired) electrons. The molecule has 5 heteroatoms. The zero-order chi connectivity index (χ0) is 12.5. The van der Waals surface area contributed by atoms with Gasteiger partial charge in [0.15, 0.2) is 0 Å². The molecule has 2 atom stereocenters. The van der Waals surface area contributed by atoms with Crippen molar-refractivity contribution in [3.8, 4) is 0 Å². The maximum absolute atomic E-state index is 13.8. The second-order valence-electron chi connectivity index (χ2n) is 4.47. The summed E-state index contributed by atoms with van der Waals surface area (Å²) in [5.41, 5.74) is 6.15. The molecular formula is C12H15FN2OS. The monoisotopic (exact) mass is 254 g/mol. The molecule has 1 aliphatic rings. The van der Waals surface area contributed by atoms with Crippen molar-refractivity contribution >= 4 is 23.3 Å². The van der Waals surface area contributed by atoms with Crippen molar-refractivity contribution in [3.05, 3.63) is 29.6 Å². The van der Waals surface area contributed by atoms with Gasteiger partial charge in [0, 0.05) is 11.3 Å². The van der Waals surface area contributed by atoms with Crippen LogP contribution < -0.4 is 11.1 Å². The number of hydrogen-bond acceptors (Lipinski definition) is 4. The molecule has 17 heavy (non-hydrogen) atoms. The molecule has 1 aromatic rings. The van der Waals surface area contributed by atoms with E-state index in [2.05, 4.69) is 5.32 Å². The van der Waals surface area contributed by atoms with Crippen LogP contribution in [0.4, 0.5) is 10.1 Å². The molecule has 3 N–H and O–H groups in total. The van der Waals surface area contributed by atoms with Crippen molar-refractivity contribution in [1.29, 1.82) is 0 Å². The standard InChI is InChI=1S/C12H15FN2OS/c1-12(7-16-5-9(6-17)15-12)10-4-8(14)2-3-11(10)13/h2-4,6,9,15H,5,7,14H2,1H3. The summed E-state index contributed by atoms with van der Waals surface area (Å²) in [5.74, 6) is -0.289. The van der Waals surface area contributed by atoms with Gasteiger partial charge in [-0.05, 0) is 30.5 Å². The first-order valence-electron chi connectivity index (χ1n) is 5.41. The van der Waals surface area contributed by atoms with Crippen LogP contribution in [-0.2, 0) is 10.3 Å². The zero-order valence-electron chi connectivity index (χ0n) is 9.57. The molecule has 1 aliphatic heterocycles. The van der Waals surface area contributed by atoms with E-state index in [1.165, 1.54) is 6.07 Å². The average Bonchev–Trinajstić information content (AvgIpc) is 2.32. The molecule has 2 unspecified atom stereocenters. The molecule has 1 fully saturated rings. The van der Waals surface area contributed by atoms with E-state index in [4.69, 9.17) is 22.7 Å². The van der Waals surface area contributed by atoms with Crippen LogP contribution in [0.2, 0.25) is 0 Å². The maximum Gasteiger partial charge on any atom is 0.128 e. The van der Waals surface area contributed by atoms with Gasteiger partial charge in [-0.3, -0.25) is 5.32 Å². The Morgan fingerprint density at radius 2 is 2.41 bits per heavy atom. The van der Waals surface area contributed by atoms with E-state index < -0.39 is 5.54 Å². The van der Waals surface area contributed by atoms with Gasteiger partial charge in [0.2, 0.25) is 0 Å². The number of nitrogens with two attached hydrogens (primary N) is 1. The first-order chi connectivity index (χ1) is 8.05. The van der Waals surface area contributed by atoms with Gasteiger partial charge in [-0.1, -0.05) is 12.2 Å². The van der Waals surface area contributed by atoms with Crippen molar-refractivity contribution in [2.24, 2.45) is 0 Å². The number of halogens is 1. The number of anilines is 1. The number of morpholine rings is 1. The fourth-order valence-corrected chi connectivity index (χ4v) is 2.22. The van der Waals surface area contributed by atoms with E-state index in [1.807, 2.05) is 6.92 Å². The second-order valence-corrected chi connectivity index (χ2v) is 4.75. The Morgan fingerprint density at radius 3 is 3.12 bits per heavy atom. The van der Waals surface area contributed by atoms with E-state index in [-0.39, 0.29) is 11.9 Å². The minimum Gasteiger partial charge on any atom is -0.399 e. The van der Waals surface area contributed by atoms with Gasteiger partial charge < -0.3 is 10.5 Å². The summed E-state index contributed by atoms with van der Waals surface area (Å²) >= 11 is 4.90. The van der Waals surface area contributed by atoms with E-state index >= 15 is 0 Å². The lowest BCUT2D eigenvalue weighted by Crippen LogP contribution is -2.56. The van der Waals surface area contributed by atoms with E-state index in [0.29, 0.717) is 24.5 Å². The minimum absolute atomic E-state index is 0.0513. The lowest BCUT2D eigenvalue weighted by Gasteiger charge is -2.39. The quantitative estimate of drug-likeness (QED) is 0.622. The number of benzene rings is 1. The first kappa shape index (κ1) is 12.4. The van der Waals surface area contributed by atoms with Crippen LogP contribution >= 0.6 is 12.2 Å². The molecule has 0 aromatic heterocycles. The highest BCUT2D eigenvalue weighted by Crippen LogP contribution is 2.28. The minimum atomic E-state index is -0.600. The molecule has 2 rings (SSSR count). The number of rotatable bonds is 2. The SMILES string of the molecule is CC1(c2cc(N)ccc2F)COCC(C=S)N1. The maximum atomic E-state index is 13.8. The van der Waals surface area contributed by atoms with Gasteiger partial charge in [-0.2, -0.15) is 0 Å². The summed E-state index contributed by atoms with van der Waals surface area (Å²) in [6.07, 6.45) is 0. The van der Waals surface area contributed by atoms with Crippen molar-refractivity contribution in [3.63, 3.8) is 0 Å². The van der Waals surface area contributed by atoms with Gasteiger partial charge in [0.25, 0.3) is 0 Å². The number of ether oxygens (including phenoxy) is 1. The average molecular weight is 254 g/mol. The normalized spacial score (nSPS) is 28.9. The van der Waals surface area contributed by atoms with E-state index in [1.54, 1.807) is 17.5 Å². The molecule has 92 valence electrons. The highest BCUT2D eigenvalue weighted by atomic mass is 32.1. The van der Waals surface area contributed by atoms with Crippen LogP contribution in [0.25, 0.3) is 0 Å². The van der Waals surface area contributed by atoms with Gasteiger partial charge in [-0.15, -0.1) is 0 Å². The third-order valence-corrected chi connectivity index (χ3v) is 3.27. The summed E-state index contributed by atoms with van der Waals surface area (Å²) in [6, 6.07) is 4.50. The summed E-state index contributed by atoms with van der Waals surface area (Å²) in [6.45, 7) is 2.80. The lowest BCUT2D eigenvalue weighted by atomic mass is 9.90. The van der Waals surface area contributed by atoms with Gasteiger partial charge >= 0.3 is 0 Å². The Kier molecular flexibility index (Phi) is 3.42. The third-order valence-electron chi connectivity index (χ3n) is 2.94. The summed E-state index contributed by atoms with van der Waals surface area (Å²) in [7, 11) is 0. The smallest absolute Gasteiger partial charge is 0.128 e. The topological polar surface area (TPSA) is 47.3 Å². The first-order valence-corrected chi connectivity index (χ1v) is 5.88. The number of nitrogen functional groups attached to an aromatic ring is 1. The van der Waals surface area contributed by atoms with Crippen LogP contribution in [0, 0.1) is 5.82 Å². The Morgan fingerprint density at radius 1 is 1.65 bits per heavy atom. The predicted octanol–water partition coefficient (Wildman–Crippen LogP) is 1.61. The molecule has 0 amide bonds. The van der Waals surface area contributed by atoms with Crippen molar-refractivity contribution < 1.29 is 9.13 Å². The van der Waals surface area contributed by atoms with Gasteiger partial charge in [0.1, 0.15) is 5.82 Å². The van der Waals surface area contributed by atoms with Crippen LogP contribution in [0.15, 0.2) is 18.2 Å². The van der Waals surface area contributed by atoms with Crippen LogP contribution in [0.1, 0.15) is 12.5 Å². The molecule has 0 spiro atoms. The van der Waals surface area contributed by atoms with Crippen molar-refractivity contribution in [1.82, 2.24) is 5.32 Å². The Bertz CT molecular complexity index is 441.